The molecule has 2 aromatic rings. The molecular formula is C14H12BFN2O5. The second-order valence-corrected chi connectivity index (χ2v) is 4.72. The van der Waals surface area contributed by atoms with E-state index in [1.165, 1.54) is 37.4 Å². The van der Waals surface area contributed by atoms with Gasteiger partial charge in [-0.15, -0.1) is 0 Å². The van der Waals surface area contributed by atoms with Crippen molar-refractivity contribution < 1.29 is 24.2 Å². The third kappa shape index (κ3) is 3.36. The summed E-state index contributed by atoms with van der Waals surface area (Å²) in [5.74, 6) is -1.63. The van der Waals surface area contributed by atoms with E-state index in [4.69, 9.17) is 10.0 Å². The van der Waals surface area contributed by atoms with E-state index in [0.29, 0.717) is 0 Å². The van der Waals surface area contributed by atoms with Crippen molar-refractivity contribution in [2.45, 2.75) is 0 Å². The van der Waals surface area contributed by atoms with Crippen LogP contribution in [0.5, 0.6) is 0 Å². The number of carbonyl (C=O) groups is 1. The van der Waals surface area contributed by atoms with Gasteiger partial charge in [-0.1, -0.05) is 18.2 Å². The molecule has 0 aromatic heterocycles. The smallest absolute Gasteiger partial charge is 0.423 e. The van der Waals surface area contributed by atoms with Crippen molar-refractivity contribution in [3.63, 3.8) is 0 Å². The maximum Gasteiger partial charge on any atom is 0.491 e. The molecule has 2 rings (SSSR count). The number of anilines is 1. The van der Waals surface area contributed by atoms with Gasteiger partial charge in [-0.25, -0.2) is 4.39 Å². The van der Waals surface area contributed by atoms with E-state index in [0.717, 1.165) is 17.0 Å². The Balaban J connectivity index is 2.38. The molecule has 0 bridgehead atoms. The van der Waals surface area contributed by atoms with E-state index in [2.05, 4.69) is 0 Å². The average Bonchev–Trinajstić information content (AvgIpc) is 2.52. The fraction of sp³-hybridized carbons (Fsp3) is 0.0714. The molecule has 0 aliphatic heterocycles. The lowest BCUT2D eigenvalue weighted by Gasteiger charge is -2.17. The largest absolute Gasteiger partial charge is 0.491 e. The Labute approximate surface area is 130 Å². The number of hydrogen-bond acceptors (Lipinski definition) is 5. The van der Waals surface area contributed by atoms with Gasteiger partial charge in [-0.2, -0.15) is 0 Å². The fourth-order valence-electron chi connectivity index (χ4n) is 2.07. The molecule has 0 aliphatic carbocycles. The number of amides is 1. The zero-order chi connectivity index (χ0) is 17.1. The summed E-state index contributed by atoms with van der Waals surface area (Å²) in [6.07, 6.45) is 0. The van der Waals surface area contributed by atoms with Gasteiger partial charge in [-0.05, 0) is 18.2 Å². The molecule has 0 unspecified atom stereocenters. The highest BCUT2D eigenvalue weighted by Gasteiger charge is 2.23. The lowest BCUT2D eigenvalue weighted by molar-refractivity contribution is -0.384. The second-order valence-electron chi connectivity index (χ2n) is 4.72. The van der Waals surface area contributed by atoms with E-state index in [-0.39, 0.29) is 22.4 Å². The van der Waals surface area contributed by atoms with Crippen LogP contribution >= 0.6 is 0 Å². The first-order valence-corrected chi connectivity index (χ1v) is 6.50. The van der Waals surface area contributed by atoms with Gasteiger partial charge in [0, 0.05) is 24.1 Å². The molecule has 2 N–H and O–H groups in total. The highest BCUT2D eigenvalue weighted by molar-refractivity contribution is 6.58. The Morgan fingerprint density at radius 3 is 2.48 bits per heavy atom. The molecule has 2 aromatic carbocycles. The van der Waals surface area contributed by atoms with E-state index < -0.39 is 23.8 Å². The Morgan fingerprint density at radius 2 is 1.91 bits per heavy atom. The third-order valence-corrected chi connectivity index (χ3v) is 3.27. The Morgan fingerprint density at radius 1 is 1.26 bits per heavy atom. The van der Waals surface area contributed by atoms with Crippen LogP contribution in [0, 0.1) is 15.9 Å². The normalized spacial score (nSPS) is 10.3. The van der Waals surface area contributed by atoms with Crippen LogP contribution in [0.3, 0.4) is 0 Å². The molecular weight excluding hydrogens is 306 g/mol. The van der Waals surface area contributed by atoms with Gasteiger partial charge in [-0.3, -0.25) is 14.9 Å². The standard InChI is InChI=1S/C14H12BFN2O5/c1-17(12-4-2-3-5-13(12)18(22)23)14(19)9-6-7-10(15(20)21)11(16)8-9/h2-8,20-21H,1H3. The van der Waals surface area contributed by atoms with E-state index >= 15 is 0 Å². The van der Waals surface area contributed by atoms with Crippen LogP contribution in [0.15, 0.2) is 42.5 Å². The van der Waals surface area contributed by atoms with Gasteiger partial charge in [0.1, 0.15) is 11.5 Å². The molecule has 0 atom stereocenters. The van der Waals surface area contributed by atoms with Crippen LogP contribution < -0.4 is 10.4 Å². The molecule has 0 saturated carbocycles. The summed E-state index contributed by atoms with van der Waals surface area (Å²) in [6, 6.07) is 8.80. The maximum absolute atomic E-state index is 13.7. The van der Waals surface area contributed by atoms with Crippen LogP contribution in [0.4, 0.5) is 15.8 Å². The summed E-state index contributed by atoms with van der Waals surface area (Å²) >= 11 is 0. The van der Waals surface area contributed by atoms with Gasteiger partial charge >= 0.3 is 7.12 Å². The van der Waals surface area contributed by atoms with Crippen molar-refractivity contribution in [1.29, 1.82) is 0 Å². The van der Waals surface area contributed by atoms with Gasteiger partial charge in [0.15, 0.2) is 0 Å². The minimum Gasteiger partial charge on any atom is -0.423 e. The van der Waals surface area contributed by atoms with Crippen LogP contribution in [0.25, 0.3) is 0 Å². The summed E-state index contributed by atoms with van der Waals surface area (Å²) in [7, 11) is -0.663. The van der Waals surface area contributed by atoms with Crippen LogP contribution in [-0.2, 0) is 0 Å². The first kappa shape index (κ1) is 16.6. The Kier molecular flexibility index (Phi) is 4.72. The average molecular weight is 318 g/mol. The fourth-order valence-corrected chi connectivity index (χ4v) is 2.07. The predicted molar refractivity (Wildman–Crippen MR) is 82.1 cm³/mol. The van der Waals surface area contributed by atoms with Crippen molar-refractivity contribution >= 4 is 29.9 Å². The maximum atomic E-state index is 13.7. The van der Waals surface area contributed by atoms with Crippen molar-refractivity contribution in [3.05, 3.63) is 64.0 Å². The summed E-state index contributed by atoms with van der Waals surface area (Å²) in [6.45, 7) is 0. The van der Waals surface area contributed by atoms with Gasteiger partial charge in [0.05, 0.1) is 4.92 Å². The molecule has 0 aliphatic rings. The van der Waals surface area contributed by atoms with Crippen LogP contribution in [0.2, 0.25) is 0 Å². The van der Waals surface area contributed by atoms with Crippen molar-refractivity contribution in [3.8, 4) is 0 Å². The van der Waals surface area contributed by atoms with Crippen molar-refractivity contribution in [2.24, 2.45) is 0 Å². The molecule has 0 radical (unpaired) electrons. The molecule has 1 amide bonds. The molecule has 7 nitrogen and oxygen atoms in total. The number of carbonyl (C=O) groups excluding carboxylic acids is 1. The number of hydrogen-bond donors (Lipinski definition) is 2. The van der Waals surface area contributed by atoms with Crippen molar-refractivity contribution in [2.75, 3.05) is 11.9 Å². The molecule has 118 valence electrons. The van der Waals surface area contributed by atoms with E-state index in [1.807, 2.05) is 0 Å². The summed E-state index contributed by atoms with van der Waals surface area (Å²) in [5.41, 5.74) is -0.636. The first-order chi connectivity index (χ1) is 10.8. The summed E-state index contributed by atoms with van der Waals surface area (Å²) < 4.78 is 13.7. The topological polar surface area (TPSA) is 104 Å². The first-order valence-electron chi connectivity index (χ1n) is 6.50. The quantitative estimate of drug-likeness (QED) is 0.490. The van der Waals surface area contributed by atoms with E-state index in [9.17, 15) is 19.3 Å². The Hall–Kier alpha value is -2.78. The molecule has 23 heavy (non-hydrogen) atoms. The monoisotopic (exact) mass is 318 g/mol. The number of benzene rings is 2. The van der Waals surface area contributed by atoms with Gasteiger partial charge in [0.25, 0.3) is 11.6 Å². The molecule has 0 spiro atoms. The van der Waals surface area contributed by atoms with E-state index in [1.54, 1.807) is 0 Å². The minimum atomic E-state index is -1.99. The number of para-hydroxylation sites is 2. The molecule has 9 heteroatoms. The third-order valence-electron chi connectivity index (χ3n) is 3.27. The highest BCUT2D eigenvalue weighted by atomic mass is 19.1. The second kappa shape index (κ2) is 6.55. The summed E-state index contributed by atoms with van der Waals surface area (Å²) in [4.78, 5) is 23.8. The number of rotatable bonds is 4. The highest BCUT2D eigenvalue weighted by Crippen LogP contribution is 2.27. The zero-order valence-electron chi connectivity index (χ0n) is 12.0. The van der Waals surface area contributed by atoms with Crippen molar-refractivity contribution in [1.82, 2.24) is 0 Å². The zero-order valence-corrected chi connectivity index (χ0v) is 12.0. The molecule has 0 fully saturated rings. The van der Waals surface area contributed by atoms with Crippen LogP contribution in [0.1, 0.15) is 10.4 Å². The summed E-state index contributed by atoms with van der Waals surface area (Å²) in [5, 5.41) is 28.9. The predicted octanol–water partition coefficient (Wildman–Crippen LogP) is 0.690. The lowest BCUT2D eigenvalue weighted by Crippen LogP contribution is -2.34. The van der Waals surface area contributed by atoms with Crippen LogP contribution in [-0.4, -0.2) is 35.0 Å². The molecule has 0 heterocycles. The number of nitrogens with zero attached hydrogens (tertiary/aromatic N) is 2. The SMILES string of the molecule is CN(C(=O)c1ccc(B(O)O)c(F)c1)c1ccccc1[N+](=O)[O-]. The lowest BCUT2D eigenvalue weighted by atomic mass is 9.79. The van der Waals surface area contributed by atoms with Gasteiger partial charge < -0.3 is 14.9 Å². The minimum absolute atomic E-state index is 0.0641. The Bertz CT molecular complexity index is 769. The molecule has 0 saturated heterocycles. The van der Waals surface area contributed by atoms with Gasteiger partial charge in [0.2, 0.25) is 0 Å². The number of halogens is 1. The number of nitro benzene ring substituents is 1. The number of nitro groups is 1.